The molecule has 10 heteroatoms. The van der Waals surface area contributed by atoms with Crippen LogP contribution in [0.25, 0.3) is 5.57 Å². The quantitative estimate of drug-likeness (QED) is 0.188. The normalized spacial score (nSPS) is 20.6. The molecule has 242 valence electrons. The number of aliphatic imine (C=N–C) groups is 1. The number of anilines is 1. The Hall–Kier alpha value is -5.09. The number of ketones is 1. The van der Waals surface area contributed by atoms with Gasteiger partial charge in [-0.05, 0) is 99.1 Å². The van der Waals surface area contributed by atoms with Gasteiger partial charge in [0, 0.05) is 17.7 Å². The zero-order valence-electron chi connectivity index (χ0n) is 26.7. The summed E-state index contributed by atoms with van der Waals surface area (Å²) >= 11 is 0. The van der Waals surface area contributed by atoms with Crippen molar-refractivity contribution in [2.75, 3.05) is 5.32 Å². The third-order valence-corrected chi connectivity index (χ3v) is 8.12. The Morgan fingerprint density at radius 1 is 1.04 bits per heavy atom. The van der Waals surface area contributed by atoms with Crippen molar-refractivity contribution in [1.29, 1.82) is 0 Å². The molecule has 1 saturated heterocycles. The summed E-state index contributed by atoms with van der Waals surface area (Å²) in [7, 11) is 0. The second kappa shape index (κ2) is 13.0. The van der Waals surface area contributed by atoms with Gasteiger partial charge < -0.3 is 10.1 Å². The monoisotopic (exact) mass is 636 g/mol. The first-order valence-electron chi connectivity index (χ1n) is 15.7. The molecule has 47 heavy (non-hydrogen) atoms. The molecule has 6 rings (SSSR count). The van der Waals surface area contributed by atoms with Crippen molar-refractivity contribution in [2.24, 2.45) is 4.99 Å². The predicted molar refractivity (Wildman–Crippen MR) is 177 cm³/mol. The number of allylic oxidation sites excluding steroid dienone is 3. The number of carbonyl (C=O) groups is 3. The van der Waals surface area contributed by atoms with Crippen LogP contribution in [0.5, 0.6) is 0 Å². The fraction of sp³-hybridized carbons (Fsp3) is 0.297. The van der Waals surface area contributed by atoms with E-state index >= 15 is 4.39 Å². The first-order chi connectivity index (χ1) is 22.5. The Morgan fingerprint density at radius 3 is 2.38 bits per heavy atom. The average Bonchev–Trinajstić information content (AvgIpc) is 3.71. The fourth-order valence-electron chi connectivity index (χ4n) is 5.55. The lowest BCUT2D eigenvalue weighted by Crippen LogP contribution is -2.31. The molecule has 0 aromatic heterocycles. The zero-order chi connectivity index (χ0) is 33.3. The molecule has 0 radical (unpaired) electrons. The molecule has 3 aromatic carbocycles. The zero-order valence-corrected chi connectivity index (χ0v) is 26.7. The van der Waals surface area contributed by atoms with E-state index in [0.29, 0.717) is 22.7 Å². The number of carbonyl (C=O) groups excluding carboxylic acids is 3. The van der Waals surface area contributed by atoms with E-state index in [0.717, 1.165) is 11.1 Å². The number of hydroxylamine groups is 1. The second-order valence-corrected chi connectivity index (χ2v) is 12.9. The first kappa shape index (κ1) is 31.9. The highest BCUT2D eigenvalue weighted by molar-refractivity contribution is 6.27. The van der Waals surface area contributed by atoms with Gasteiger partial charge in [0.2, 0.25) is 6.23 Å². The summed E-state index contributed by atoms with van der Waals surface area (Å²) in [6.45, 7) is 7.22. The highest BCUT2D eigenvalue weighted by atomic mass is 19.1. The SMILES string of the molecule is C/C=C(\C=C1C(=O)NC(Cc2ccc(C3=NC(c4ccc(NC(=O)OC(C)(C)C)cc4)ON3)c(F)c2)C1=O)c1ccc(C2CC2)cc1. The van der Waals surface area contributed by atoms with Gasteiger partial charge in [-0.2, -0.15) is 0 Å². The topological polar surface area (TPSA) is 118 Å². The number of amidine groups is 1. The largest absolute Gasteiger partial charge is 0.444 e. The highest BCUT2D eigenvalue weighted by Crippen LogP contribution is 2.40. The Labute approximate surface area is 272 Å². The van der Waals surface area contributed by atoms with Crippen molar-refractivity contribution in [1.82, 2.24) is 10.8 Å². The summed E-state index contributed by atoms with van der Waals surface area (Å²) in [4.78, 5) is 48.2. The maximum Gasteiger partial charge on any atom is 0.412 e. The number of benzene rings is 3. The molecule has 2 fully saturated rings. The highest BCUT2D eigenvalue weighted by Gasteiger charge is 2.36. The van der Waals surface area contributed by atoms with Crippen LogP contribution in [-0.4, -0.2) is 35.3 Å². The molecule has 3 N–H and O–H groups in total. The molecular formula is C37H37FN4O5. The van der Waals surface area contributed by atoms with Crippen LogP contribution in [0.3, 0.4) is 0 Å². The van der Waals surface area contributed by atoms with Gasteiger partial charge in [0.1, 0.15) is 11.4 Å². The maximum atomic E-state index is 15.3. The standard InChI is InChI=1S/C37H37FN4O5/c1-5-22(23-7-9-24(10-8-23)25-11-12-25)20-29-32(43)31(40-34(29)44)19-21-6-17-28(30(38)18-21)33-41-35(47-42-33)26-13-15-27(16-14-26)39-36(45)46-37(2,3)4/h5-10,13-18,20,25,31,35H,11-12,19H2,1-4H3,(H,39,45)(H,40,44)(H,41,42)/b22-5+,29-20?. The van der Waals surface area contributed by atoms with Gasteiger partial charge in [-0.25, -0.2) is 24.5 Å². The third kappa shape index (κ3) is 7.49. The third-order valence-electron chi connectivity index (χ3n) is 8.12. The van der Waals surface area contributed by atoms with Crippen LogP contribution < -0.4 is 16.1 Å². The molecule has 2 atom stereocenters. The Morgan fingerprint density at radius 2 is 1.74 bits per heavy atom. The van der Waals surface area contributed by atoms with Crippen LogP contribution in [0.4, 0.5) is 14.9 Å². The maximum absolute atomic E-state index is 15.3. The van der Waals surface area contributed by atoms with Gasteiger partial charge in [-0.1, -0.05) is 48.5 Å². The Bertz CT molecular complexity index is 1800. The van der Waals surface area contributed by atoms with Crippen molar-refractivity contribution in [2.45, 2.75) is 70.7 Å². The lowest BCUT2D eigenvalue weighted by atomic mass is 9.97. The molecule has 2 aliphatic heterocycles. The first-order valence-corrected chi connectivity index (χ1v) is 15.7. The van der Waals surface area contributed by atoms with E-state index in [1.165, 1.54) is 24.5 Å². The van der Waals surface area contributed by atoms with Crippen LogP contribution in [0.15, 0.2) is 89.4 Å². The van der Waals surface area contributed by atoms with E-state index in [1.807, 2.05) is 25.1 Å². The predicted octanol–water partition coefficient (Wildman–Crippen LogP) is 6.67. The molecule has 2 heterocycles. The summed E-state index contributed by atoms with van der Waals surface area (Å²) < 4.78 is 20.6. The molecule has 9 nitrogen and oxygen atoms in total. The van der Waals surface area contributed by atoms with Crippen LogP contribution in [0, 0.1) is 5.82 Å². The minimum atomic E-state index is -0.795. The minimum Gasteiger partial charge on any atom is -0.444 e. The van der Waals surface area contributed by atoms with Crippen molar-refractivity contribution in [3.8, 4) is 0 Å². The smallest absolute Gasteiger partial charge is 0.412 e. The molecule has 3 aliphatic rings. The fourth-order valence-corrected chi connectivity index (χ4v) is 5.55. The molecule has 0 spiro atoms. The van der Waals surface area contributed by atoms with Crippen molar-refractivity contribution < 1.29 is 28.3 Å². The number of ether oxygens (including phenoxy) is 1. The number of rotatable bonds is 8. The van der Waals surface area contributed by atoms with E-state index in [9.17, 15) is 14.4 Å². The minimum absolute atomic E-state index is 0.0906. The molecular weight excluding hydrogens is 599 g/mol. The summed E-state index contributed by atoms with van der Waals surface area (Å²) in [6.07, 6.45) is 4.81. The molecule has 2 unspecified atom stereocenters. The summed E-state index contributed by atoms with van der Waals surface area (Å²) in [5, 5.41) is 5.43. The molecule has 3 aromatic rings. The van der Waals surface area contributed by atoms with Crippen LogP contribution >= 0.6 is 0 Å². The number of halogens is 1. The van der Waals surface area contributed by atoms with Crippen LogP contribution in [0.1, 0.15) is 80.5 Å². The molecule has 2 amide bonds. The van der Waals surface area contributed by atoms with Gasteiger partial charge >= 0.3 is 6.09 Å². The number of hydrogen-bond donors (Lipinski definition) is 3. The Balaban J connectivity index is 1.09. The number of nitrogens with one attached hydrogen (secondary N) is 3. The van der Waals surface area contributed by atoms with Gasteiger partial charge in [0.05, 0.1) is 17.2 Å². The van der Waals surface area contributed by atoms with E-state index in [1.54, 1.807) is 63.2 Å². The van der Waals surface area contributed by atoms with Crippen LogP contribution in [-0.2, 0) is 25.6 Å². The van der Waals surface area contributed by atoms with E-state index < -0.39 is 35.7 Å². The van der Waals surface area contributed by atoms with E-state index in [-0.39, 0.29) is 29.2 Å². The van der Waals surface area contributed by atoms with Gasteiger partial charge in [-0.15, -0.1) is 0 Å². The van der Waals surface area contributed by atoms with Crippen molar-refractivity contribution in [3.05, 3.63) is 118 Å². The number of nitrogens with zero attached hydrogens (tertiary/aromatic N) is 1. The number of hydrogen-bond acceptors (Lipinski definition) is 7. The van der Waals surface area contributed by atoms with Crippen LogP contribution in [0.2, 0.25) is 0 Å². The summed E-state index contributed by atoms with van der Waals surface area (Å²) in [5.74, 6) is -0.444. The van der Waals surface area contributed by atoms with Gasteiger partial charge in [0.25, 0.3) is 5.91 Å². The van der Waals surface area contributed by atoms with Gasteiger partial charge in [0.15, 0.2) is 11.6 Å². The molecule has 0 bridgehead atoms. The van der Waals surface area contributed by atoms with E-state index in [4.69, 9.17) is 9.57 Å². The van der Waals surface area contributed by atoms with Crippen molar-refractivity contribution in [3.63, 3.8) is 0 Å². The lowest BCUT2D eigenvalue weighted by molar-refractivity contribution is -0.117. The molecule has 1 saturated carbocycles. The number of amides is 2. The Kier molecular flexibility index (Phi) is 8.79. The summed E-state index contributed by atoms with van der Waals surface area (Å²) in [6, 6.07) is 18.9. The second-order valence-electron chi connectivity index (χ2n) is 12.9. The molecule has 1 aliphatic carbocycles. The summed E-state index contributed by atoms with van der Waals surface area (Å²) in [5.41, 5.74) is 7.20. The van der Waals surface area contributed by atoms with Crippen molar-refractivity contribution >= 4 is 34.9 Å². The van der Waals surface area contributed by atoms with E-state index in [2.05, 4.69) is 33.2 Å². The number of Topliss-reactive ketones (excluding diaryl/α,β-unsaturated/α-hetero) is 1. The van der Waals surface area contributed by atoms with Gasteiger partial charge in [-0.3, -0.25) is 14.9 Å². The average molecular weight is 637 g/mol. The lowest BCUT2D eigenvalue weighted by Gasteiger charge is -2.19.